The second kappa shape index (κ2) is 6.79. The number of fused-ring (bicyclic) bond motifs is 1. The van der Waals surface area contributed by atoms with Gasteiger partial charge in [-0.25, -0.2) is 9.97 Å². The molecule has 23 heavy (non-hydrogen) atoms. The molecule has 0 unspecified atom stereocenters. The van der Waals surface area contributed by atoms with Gasteiger partial charge < -0.3 is 5.32 Å². The van der Waals surface area contributed by atoms with Gasteiger partial charge in [0, 0.05) is 48.3 Å². The van der Waals surface area contributed by atoms with Crippen LogP contribution < -0.4 is 5.32 Å². The van der Waals surface area contributed by atoms with Gasteiger partial charge in [0.25, 0.3) is 0 Å². The zero-order valence-electron chi connectivity index (χ0n) is 14.7. The first-order chi connectivity index (χ1) is 11.1. The SMILES string of the molecule is CCc1nn(C)c(CC)c1CN[C@H]1CCCc2nc(C)ncc21. The summed E-state index contributed by atoms with van der Waals surface area (Å²) in [6.45, 7) is 7.22. The molecule has 1 atom stereocenters. The Morgan fingerprint density at radius 1 is 1.30 bits per heavy atom. The molecule has 1 N–H and O–H groups in total. The Labute approximate surface area is 138 Å². The van der Waals surface area contributed by atoms with Crippen molar-refractivity contribution in [3.63, 3.8) is 0 Å². The first-order valence-electron chi connectivity index (χ1n) is 8.73. The Hall–Kier alpha value is -1.75. The number of hydrogen-bond acceptors (Lipinski definition) is 4. The van der Waals surface area contributed by atoms with Crippen LogP contribution in [0.3, 0.4) is 0 Å². The first kappa shape index (κ1) is 16.1. The molecule has 0 spiro atoms. The molecule has 3 rings (SSSR count). The van der Waals surface area contributed by atoms with E-state index in [-0.39, 0.29) is 0 Å². The highest BCUT2D eigenvalue weighted by molar-refractivity contribution is 5.28. The fourth-order valence-corrected chi connectivity index (χ4v) is 3.68. The number of nitrogens with zero attached hydrogens (tertiary/aromatic N) is 4. The summed E-state index contributed by atoms with van der Waals surface area (Å²) in [5, 5.41) is 8.41. The van der Waals surface area contributed by atoms with Crippen LogP contribution in [0.2, 0.25) is 0 Å². The molecule has 0 radical (unpaired) electrons. The molecule has 2 aromatic heterocycles. The number of aryl methyl sites for hydroxylation is 4. The fourth-order valence-electron chi connectivity index (χ4n) is 3.68. The third kappa shape index (κ3) is 3.15. The molecule has 5 nitrogen and oxygen atoms in total. The van der Waals surface area contributed by atoms with Crippen LogP contribution in [0.1, 0.15) is 66.8 Å². The van der Waals surface area contributed by atoms with Crippen LogP contribution in [0.4, 0.5) is 0 Å². The van der Waals surface area contributed by atoms with E-state index < -0.39 is 0 Å². The minimum atomic E-state index is 0.356. The first-order valence-corrected chi connectivity index (χ1v) is 8.73. The maximum atomic E-state index is 4.67. The molecule has 1 aliphatic rings. The molecule has 0 amide bonds. The van der Waals surface area contributed by atoms with Crippen molar-refractivity contribution in [3.05, 3.63) is 40.2 Å². The normalized spacial score (nSPS) is 17.3. The zero-order valence-corrected chi connectivity index (χ0v) is 14.7. The van der Waals surface area contributed by atoms with Gasteiger partial charge in [-0.05, 0) is 39.0 Å². The topological polar surface area (TPSA) is 55.6 Å². The van der Waals surface area contributed by atoms with Gasteiger partial charge in [0.1, 0.15) is 5.82 Å². The number of aromatic nitrogens is 4. The maximum Gasteiger partial charge on any atom is 0.125 e. The molecule has 0 aromatic carbocycles. The summed E-state index contributed by atoms with van der Waals surface area (Å²) in [5.41, 5.74) is 6.43. The predicted molar refractivity (Wildman–Crippen MR) is 91.3 cm³/mol. The summed E-state index contributed by atoms with van der Waals surface area (Å²) < 4.78 is 2.04. The molecule has 2 aromatic rings. The highest BCUT2D eigenvalue weighted by atomic mass is 15.3. The van der Waals surface area contributed by atoms with Crippen molar-refractivity contribution < 1.29 is 0 Å². The summed E-state index contributed by atoms with van der Waals surface area (Å²) in [6.07, 6.45) is 7.43. The van der Waals surface area contributed by atoms with Crippen molar-refractivity contribution in [1.29, 1.82) is 0 Å². The van der Waals surface area contributed by atoms with Gasteiger partial charge in [-0.3, -0.25) is 4.68 Å². The average Bonchev–Trinajstić information content (AvgIpc) is 2.87. The predicted octanol–water partition coefficient (Wildman–Crippen LogP) is 2.81. The van der Waals surface area contributed by atoms with Gasteiger partial charge in [0.05, 0.1) is 5.69 Å². The van der Waals surface area contributed by atoms with Crippen LogP contribution in [0.5, 0.6) is 0 Å². The van der Waals surface area contributed by atoms with Crippen molar-refractivity contribution in [2.24, 2.45) is 7.05 Å². The van der Waals surface area contributed by atoms with Gasteiger partial charge in [-0.2, -0.15) is 5.10 Å². The minimum Gasteiger partial charge on any atom is -0.306 e. The van der Waals surface area contributed by atoms with Gasteiger partial charge in [0.2, 0.25) is 0 Å². The van der Waals surface area contributed by atoms with Crippen LogP contribution in [0.25, 0.3) is 0 Å². The van der Waals surface area contributed by atoms with E-state index in [0.29, 0.717) is 6.04 Å². The molecule has 0 bridgehead atoms. The second-order valence-corrected chi connectivity index (χ2v) is 6.35. The van der Waals surface area contributed by atoms with Crippen molar-refractivity contribution in [3.8, 4) is 0 Å². The minimum absolute atomic E-state index is 0.356. The monoisotopic (exact) mass is 313 g/mol. The van der Waals surface area contributed by atoms with Crippen LogP contribution in [0.15, 0.2) is 6.20 Å². The summed E-state index contributed by atoms with van der Waals surface area (Å²) in [7, 11) is 2.05. The molecule has 0 aliphatic heterocycles. The lowest BCUT2D eigenvalue weighted by Gasteiger charge is -2.25. The average molecular weight is 313 g/mol. The van der Waals surface area contributed by atoms with Crippen molar-refractivity contribution in [2.45, 2.75) is 65.5 Å². The van der Waals surface area contributed by atoms with E-state index >= 15 is 0 Å². The molecule has 0 fully saturated rings. The van der Waals surface area contributed by atoms with Crippen molar-refractivity contribution in [1.82, 2.24) is 25.1 Å². The van der Waals surface area contributed by atoms with E-state index in [1.165, 1.54) is 34.6 Å². The second-order valence-electron chi connectivity index (χ2n) is 6.35. The molecule has 2 heterocycles. The lowest BCUT2D eigenvalue weighted by atomic mass is 9.92. The van der Waals surface area contributed by atoms with E-state index in [4.69, 9.17) is 0 Å². The van der Waals surface area contributed by atoms with Crippen LogP contribution in [-0.4, -0.2) is 19.7 Å². The third-order valence-electron chi connectivity index (χ3n) is 4.86. The Morgan fingerprint density at radius 3 is 2.87 bits per heavy atom. The summed E-state index contributed by atoms with van der Waals surface area (Å²) in [5.74, 6) is 0.873. The Balaban J connectivity index is 1.80. The van der Waals surface area contributed by atoms with Crippen LogP contribution in [-0.2, 0) is 32.9 Å². The zero-order chi connectivity index (χ0) is 16.4. The molecule has 0 saturated carbocycles. The lowest BCUT2D eigenvalue weighted by molar-refractivity contribution is 0.449. The van der Waals surface area contributed by atoms with Gasteiger partial charge in [-0.1, -0.05) is 13.8 Å². The Kier molecular flexibility index (Phi) is 4.76. The van der Waals surface area contributed by atoms with E-state index in [9.17, 15) is 0 Å². The quantitative estimate of drug-likeness (QED) is 0.922. The summed E-state index contributed by atoms with van der Waals surface area (Å²) in [6, 6.07) is 0.356. The summed E-state index contributed by atoms with van der Waals surface area (Å²) >= 11 is 0. The highest BCUT2D eigenvalue weighted by Gasteiger charge is 2.22. The lowest BCUT2D eigenvalue weighted by Crippen LogP contribution is -2.26. The highest BCUT2D eigenvalue weighted by Crippen LogP contribution is 2.28. The Morgan fingerprint density at radius 2 is 2.13 bits per heavy atom. The molecule has 5 heteroatoms. The largest absolute Gasteiger partial charge is 0.306 e. The van der Waals surface area contributed by atoms with Crippen molar-refractivity contribution >= 4 is 0 Å². The van der Waals surface area contributed by atoms with Crippen LogP contribution in [0, 0.1) is 6.92 Å². The smallest absolute Gasteiger partial charge is 0.125 e. The number of nitrogens with one attached hydrogen (secondary N) is 1. The van der Waals surface area contributed by atoms with E-state index in [0.717, 1.165) is 38.1 Å². The van der Waals surface area contributed by atoms with Gasteiger partial charge in [-0.15, -0.1) is 0 Å². The number of rotatable bonds is 5. The van der Waals surface area contributed by atoms with E-state index in [1.807, 2.05) is 24.9 Å². The molecule has 1 aliphatic carbocycles. The van der Waals surface area contributed by atoms with Gasteiger partial charge in [0.15, 0.2) is 0 Å². The molecular formula is C18H27N5. The van der Waals surface area contributed by atoms with Crippen molar-refractivity contribution in [2.75, 3.05) is 0 Å². The van der Waals surface area contributed by atoms with Crippen LogP contribution >= 0.6 is 0 Å². The molecule has 0 saturated heterocycles. The fraction of sp³-hybridized carbons (Fsp3) is 0.611. The third-order valence-corrected chi connectivity index (χ3v) is 4.86. The maximum absolute atomic E-state index is 4.67. The van der Waals surface area contributed by atoms with E-state index in [2.05, 4.69) is 34.2 Å². The molecular weight excluding hydrogens is 286 g/mol. The standard InChI is InChI=1S/C18H27N5/c1-5-15-14(18(6-2)23(4)22-15)11-20-16-8-7-9-17-13(16)10-19-12(3)21-17/h10,16,20H,5-9,11H2,1-4H3/t16-/m0/s1. The summed E-state index contributed by atoms with van der Waals surface area (Å²) in [4.78, 5) is 9.02. The molecule has 124 valence electrons. The van der Waals surface area contributed by atoms with E-state index in [1.54, 1.807) is 0 Å². The Bertz CT molecular complexity index is 689. The number of hydrogen-bond donors (Lipinski definition) is 1. The van der Waals surface area contributed by atoms with Gasteiger partial charge >= 0.3 is 0 Å².